The molecule has 0 fully saturated rings. The molecule has 1 aromatic heterocycles. The van der Waals surface area contributed by atoms with Crippen molar-refractivity contribution in [3.8, 4) is 5.75 Å². The molecule has 18 heavy (non-hydrogen) atoms. The Balaban J connectivity index is 2.26. The number of aromatic nitrogens is 2. The second kappa shape index (κ2) is 5.49. The molecule has 2 rings (SSSR count). The lowest BCUT2D eigenvalue weighted by molar-refractivity contribution is 0.407. The van der Waals surface area contributed by atoms with Gasteiger partial charge in [-0.3, -0.25) is 4.99 Å². The van der Waals surface area contributed by atoms with Gasteiger partial charge in [-0.2, -0.15) is 0 Å². The number of H-pyrrole nitrogens is 1. The second-order valence-corrected chi connectivity index (χ2v) is 4.07. The van der Waals surface area contributed by atoms with Crippen LogP contribution in [0.1, 0.15) is 31.3 Å². The minimum absolute atomic E-state index is 0.0336. The molecule has 0 aliphatic rings. The Morgan fingerprint density at radius 1 is 1.39 bits per heavy atom. The Hall–Kier alpha value is -2.10. The maximum absolute atomic E-state index is 5.35. The first kappa shape index (κ1) is 12.4. The van der Waals surface area contributed by atoms with Crippen molar-refractivity contribution in [2.24, 2.45) is 4.99 Å². The monoisotopic (exact) mass is 243 g/mol. The summed E-state index contributed by atoms with van der Waals surface area (Å²) in [5.74, 6) is 1.66. The third-order valence-corrected chi connectivity index (χ3v) is 2.82. The van der Waals surface area contributed by atoms with Gasteiger partial charge in [-0.1, -0.05) is 18.2 Å². The van der Waals surface area contributed by atoms with E-state index in [0.717, 1.165) is 22.8 Å². The summed E-state index contributed by atoms with van der Waals surface area (Å²) in [6.45, 7) is 4.00. The highest BCUT2D eigenvalue weighted by molar-refractivity contribution is 5.95. The third-order valence-electron chi connectivity index (χ3n) is 2.82. The van der Waals surface area contributed by atoms with Crippen LogP contribution in [0.4, 0.5) is 0 Å². The number of imidazole rings is 1. The number of aliphatic imine (C=N–C) groups is 1. The highest BCUT2D eigenvalue weighted by Gasteiger charge is 2.10. The van der Waals surface area contributed by atoms with Gasteiger partial charge in [0.05, 0.1) is 18.9 Å². The maximum atomic E-state index is 5.35. The Morgan fingerprint density at radius 2 is 2.17 bits per heavy atom. The number of benzene rings is 1. The molecule has 2 aromatic rings. The largest absolute Gasteiger partial charge is 0.496 e. The third kappa shape index (κ3) is 2.59. The van der Waals surface area contributed by atoms with Gasteiger partial charge in [0.1, 0.15) is 5.75 Å². The predicted molar refractivity (Wildman–Crippen MR) is 72.2 cm³/mol. The van der Waals surface area contributed by atoms with Crippen LogP contribution in [0.15, 0.2) is 41.7 Å². The van der Waals surface area contributed by atoms with E-state index in [9.17, 15) is 0 Å². The molecular weight excluding hydrogens is 226 g/mol. The molecule has 4 heteroatoms. The summed E-state index contributed by atoms with van der Waals surface area (Å²) in [5.41, 5.74) is 1.96. The number of rotatable bonds is 4. The van der Waals surface area contributed by atoms with Crippen molar-refractivity contribution in [2.75, 3.05) is 7.11 Å². The summed E-state index contributed by atoms with van der Waals surface area (Å²) in [5, 5.41) is 0. The molecular formula is C14H17N3O. The summed E-state index contributed by atoms with van der Waals surface area (Å²) in [6, 6.07) is 7.96. The van der Waals surface area contributed by atoms with Crippen molar-refractivity contribution in [1.29, 1.82) is 0 Å². The van der Waals surface area contributed by atoms with E-state index in [1.165, 1.54) is 0 Å². The standard InChI is InChI=1S/C14H17N3O/c1-10(12-6-4-5-7-13(12)18-3)17-11(2)14-15-8-9-16-14/h4-10H,1-3H3,(H,15,16)/b17-11+. The normalized spacial score (nSPS) is 13.4. The first-order valence-electron chi connectivity index (χ1n) is 5.89. The van der Waals surface area contributed by atoms with Crippen LogP contribution in [0.5, 0.6) is 5.75 Å². The zero-order valence-electron chi connectivity index (χ0n) is 10.8. The van der Waals surface area contributed by atoms with Gasteiger partial charge in [0.2, 0.25) is 0 Å². The molecule has 0 spiro atoms. The fraction of sp³-hybridized carbons (Fsp3) is 0.286. The van der Waals surface area contributed by atoms with E-state index in [0.29, 0.717) is 0 Å². The zero-order chi connectivity index (χ0) is 13.0. The van der Waals surface area contributed by atoms with E-state index in [-0.39, 0.29) is 6.04 Å². The van der Waals surface area contributed by atoms with Gasteiger partial charge in [0.25, 0.3) is 0 Å². The van der Waals surface area contributed by atoms with Crippen molar-refractivity contribution in [3.05, 3.63) is 48.0 Å². The van der Waals surface area contributed by atoms with E-state index in [1.54, 1.807) is 19.5 Å². The van der Waals surface area contributed by atoms with Crippen molar-refractivity contribution >= 4 is 5.71 Å². The first-order valence-corrected chi connectivity index (χ1v) is 5.89. The van der Waals surface area contributed by atoms with E-state index in [2.05, 4.69) is 15.0 Å². The summed E-state index contributed by atoms with van der Waals surface area (Å²) >= 11 is 0. The molecule has 1 heterocycles. The lowest BCUT2D eigenvalue weighted by Gasteiger charge is -2.12. The molecule has 0 amide bonds. The van der Waals surface area contributed by atoms with Crippen LogP contribution in [-0.4, -0.2) is 22.8 Å². The van der Waals surface area contributed by atoms with Gasteiger partial charge in [0.15, 0.2) is 5.82 Å². The minimum Gasteiger partial charge on any atom is -0.496 e. The molecule has 0 saturated carbocycles. The maximum Gasteiger partial charge on any atom is 0.150 e. The highest BCUT2D eigenvalue weighted by atomic mass is 16.5. The minimum atomic E-state index is 0.0336. The molecule has 1 atom stereocenters. The number of hydrogen-bond acceptors (Lipinski definition) is 3. The molecule has 1 aromatic carbocycles. The van der Waals surface area contributed by atoms with E-state index in [4.69, 9.17) is 4.74 Å². The zero-order valence-corrected chi connectivity index (χ0v) is 10.8. The number of aromatic amines is 1. The molecule has 4 nitrogen and oxygen atoms in total. The van der Waals surface area contributed by atoms with E-state index < -0.39 is 0 Å². The Morgan fingerprint density at radius 3 is 2.83 bits per heavy atom. The van der Waals surface area contributed by atoms with Gasteiger partial charge in [-0.25, -0.2) is 4.98 Å². The average molecular weight is 243 g/mol. The van der Waals surface area contributed by atoms with Gasteiger partial charge in [0, 0.05) is 18.0 Å². The molecule has 1 N–H and O–H groups in total. The number of hydrogen-bond donors (Lipinski definition) is 1. The molecule has 1 unspecified atom stereocenters. The smallest absolute Gasteiger partial charge is 0.150 e. The van der Waals surface area contributed by atoms with Crippen molar-refractivity contribution in [2.45, 2.75) is 19.9 Å². The number of ether oxygens (including phenoxy) is 1. The van der Waals surface area contributed by atoms with Crippen LogP contribution < -0.4 is 4.74 Å². The van der Waals surface area contributed by atoms with Gasteiger partial charge in [-0.05, 0) is 19.9 Å². The predicted octanol–water partition coefficient (Wildman–Crippen LogP) is 2.99. The Kier molecular flexibility index (Phi) is 3.77. The Bertz CT molecular complexity index is 532. The molecule has 0 radical (unpaired) electrons. The van der Waals surface area contributed by atoms with Crippen LogP contribution >= 0.6 is 0 Å². The van der Waals surface area contributed by atoms with Crippen LogP contribution in [-0.2, 0) is 0 Å². The van der Waals surface area contributed by atoms with E-state index >= 15 is 0 Å². The number of nitrogens with one attached hydrogen (secondary N) is 1. The van der Waals surface area contributed by atoms with Crippen LogP contribution in [0.25, 0.3) is 0 Å². The van der Waals surface area contributed by atoms with Crippen LogP contribution in [0.3, 0.4) is 0 Å². The molecule has 0 saturated heterocycles. The molecule has 0 bridgehead atoms. The van der Waals surface area contributed by atoms with Crippen LogP contribution in [0, 0.1) is 0 Å². The number of methoxy groups -OCH3 is 1. The topological polar surface area (TPSA) is 50.3 Å². The lowest BCUT2D eigenvalue weighted by atomic mass is 10.1. The number of nitrogens with zero attached hydrogens (tertiary/aromatic N) is 2. The Labute approximate surface area is 107 Å². The van der Waals surface area contributed by atoms with Gasteiger partial charge < -0.3 is 9.72 Å². The van der Waals surface area contributed by atoms with Gasteiger partial charge >= 0.3 is 0 Å². The van der Waals surface area contributed by atoms with E-state index in [1.807, 2.05) is 38.1 Å². The molecule has 0 aliphatic heterocycles. The summed E-state index contributed by atoms with van der Waals surface area (Å²) in [6.07, 6.45) is 3.52. The summed E-state index contributed by atoms with van der Waals surface area (Å²) in [4.78, 5) is 11.9. The van der Waals surface area contributed by atoms with Crippen molar-refractivity contribution in [1.82, 2.24) is 9.97 Å². The lowest BCUT2D eigenvalue weighted by Crippen LogP contribution is -2.02. The SMILES string of the molecule is COc1ccccc1C(C)/N=C(\C)c1ncc[nH]1. The summed E-state index contributed by atoms with van der Waals surface area (Å²) < 4.78 is 5.35. The van der Waals surface area contributed by atoms with Crippen molar-refractivity contribution in [3.63, 3.8) is 0 Å². The van der Waals surface area contributed by atoms with Crippen LogP contribution in [0.2, 0.25) is 0 Å². The van der Waals surface area contributed by atoms with Crippen molar-refractivity contribution < 1.29 is 4.74 Å². The molecule has 94 valence electrons. The fourth-order valence-electron chi connectivity index (χ4n) is 1.90. The first-order chi connectivity index (χ1) is 8.72. The number of para-hydroxylation sites is 1. The fourth-order valence-corrected chi connectivity index (χ4v) is 1.90. The average Bonchev–Trinajstić information content (AvgIpc) is 2.92. The summed E-state index contributed by atoms with van der Waals surface area (Å²) in [7, 11) is 1.68. The highest BCUT2D eigenvalue weighted by Crippen LogP contribution is 2.27. The quantitative estimate of drug-likeness (QED) is 0.839. The van der Waals surface area contributed by atoms with Gasteiger partial charge in [-0.15, -0.1) is 0 Å². The second-order valence-electron chi connectivity index (χ2n) is 4.07. The molecule has 0 aliphatic carbocycles.